The van der Waals surface area contributed by atoms with Gasteiger partial charge in [0.25, 0.3) is 0 Å². The minimum Gasteiger partial charge on any atom is -0.299 e. The van der Waals surface area contributed by atoms with Gasteiger partial charge in [0.1, 0.15) is 6.29 Å². The number of fused-ring (bicyclic) bond motifs is 1. The van der Waals surface area contributed by atoms with Crippen LogP contribution in [0.5, 0.6) is 0 Å². The van der Waals surface area contributed by atoms with Crippen molar-refractivity contribution in [2.45, 2.75) is 24.2 Å². The summed E-state index contributed by atoms with van der Waals surface area (Å²) in [6.07, 6.45) is 6.71. The molecule has 104 valence electrons. The Morgan fingerprint density at radius 2 is 1.90 bits per heavy atom. The number of halogens is 1. The van der Waals surface area contributed by atoms with Crippen molar-refractivity contribution in [2.24, 2.45) is 0 Å². The van der Waals surface area contributed by atoms with Crippen molar-refractivity contribution < 1.29 is 4.79 Å². The van der Waals surface area contributed by atoms with Crippen molar-refractivity contribution in [3.8, 4) is 0 Å². The maximum atomic E-state index is 10.9. The van der Waals surface area contributed by atoms with Gasteiger partial charge in [-0.15, -0.1) is 0 Å². The van der Waals surface area contributed by atoms with Crippen LogP contribution in [0.1, 0.15) is 41.0 Å². The van der Waals surface area contributed by atoms with E-state index in [0.29, 0.717) is 5.92 Å². The van der Waals surface area contributed by atoms with Gasteiger partial charge >= 0.3 is 0 Å². The number of aldehydes is 1. The molecule has 0 heterocycles. The zero-order chi connectivity index (χ0) is 14.4. The zero-order valence-electron chi connectivity index (χ0n) is 11.6. The number of hydrogen-bond acceptors (Lipinski definition) is 1. The molecule has 0 fully saturated rings. The van der Waals surface area contributed by atoms with Crippen LogP contribution in [0.4, 0.5) is 0 Å². The molecule has 2 unspecified atom stereocenters. The zero-order valence-corrected chi connectivity index (χ0v) is 12.3. The Bertz CT molecular complexity index is 762. The van der Waals surface area contributed by atoms with E-state index < -0.39 is 0 Å². The van der Waals surface area contributed by atoms with Gasteiger partial charge in [0.05, 0.1) is 0 Å². The summed E-state index contributed by atoms with van der Waals surface area (Å²) < 4.78 is 0. The number of benzene rings is 2. The molecule has 0 aromatic heterocycles. The van der Waals surface area contributed by atoms with Crippen LogP contribution in [0.3, 0.4) is 0 Å². The van der Waals surface area contributed by atoms with Crippen molar-refractivity contribution >= 4 is 17.9 Å². The molecule has 3 aliphatic rings. The Morgan fingerprint density at radius 1 is 1.10 bits per heavy atom. The second kappa shape index (κ2) is 4.57. The first-order valence-corrected chi connectivity index (χ1v) is 7.66. The third-order valence-electron chi connectivity index (χ3n) is 4.97. The van der Waals surface area contributed by atoms with Gasteiger partial charge in [-0.3, -0.25) is 4.79 Å². The van der Waals surface area contributed by atoms with E-state index in [-0.39, 0.29) is 5.41 Å². The Hall–Kier alpha value is -1.86. The first-order chi connectivity index (χ1) is 10.3. The number of carbonyl (C=O) groups excluding carboxylic acids is 1. The monoisotopic (exact) mass is 294 g/mol. The lowest BCUT2D eigenvalue weighted by Crippen LogP contribution is -2.38. The number of allylic oxidation sites excluding steroid dienone is 2. The van der Waals surface area contributed by atoms with Gasteiger partial charge in [0.15, 0.2) is 0 Å². The van der Waals surface area contributed by atoms with Crippen molar-refractivity contribution in [2.75, 3.05) is 0 Å². The molecule has 21 heavy (non-hydrogen) atoms. The molecule has 2 aromatic carbocycles. The molecule has 0 amide bonds. The molecule has 2 aromatic rings. The predicted molar refractivity (Wildman–Crippen MR) is 85.0 cm³/mol. The summed E-state index contributed by atoms with van der Waals surface area (Å²) in [5, 5.41) is 0.762. The summed E-state index contributed by atoms with van der Waals surface area (Å²) in [7, 11) is 0. The van der Waals surface area contributed by atoms with E-state index in [0.717, 1.165) is 24.2 Å². The summed E-state index contributed by atoms with van der Waals surface area (Å²) in [4.78, 5) is 10.9. The molecule has 2 atom stereocenters. The SMILES string of the molecule is O=CC=CC12CCC(c3ccccc31)c1ccc(Cl)cc12. The summed E-state index contributed by atoms with van der Waals surface area (Å²) in [5.41, 5.74) is 5.15. The molecule has 0 N–H and O–H groups in total. The minimum absolute atomic E-state index is 0.202. The van der Waals surface area contributed by atoms with Crippen LogP contribution in [0.15, 0.2) is 54.6 Å². The third-order valence-corrected chi connectivity index (χ3v) is 5.21. The van der Waals surface area contributed by atoms with Crippen molar-refractivity contribution in [3.05, 3.63) is 81.9 Å². The van der Waals surface area contributed by atoms with Crippen molar-refractivity contribution in [3.63, 3.8) is 0 Å². The Labute approximate surface area is 129 Å². The fourth-order valence-electron chi connectivity index (χ4n) is 4.16. The van der Waals surface area contributed by atoms with Gasteiger partial charge in [-0.05, 0) is 53.3 Å². The highest BCUT2D eigenvalue weighted by atomic mass is 35.5. The van der Waals surface area contributed by atoms with Gasteiger partial charge in [-0.1, -0.05) is 48.0 Å². The topological polar surface area (TPSA) is 17.1 Å². The van der Waals surface area contributed by atoms with Crippen LogP contribution in [0.25, 0.3) is 0 Å². The highest BCUT2D eigenvalue weighted by Gasteiger charge is 2.46. The average Bonchev–Trinajstić information content (AvgIpc) is 2.53. The molecule has 5 rings (SSSR count). The largest absolute Gasteiger partial charge is 0.299 e. The lowest BCUT2D eigenvalue weighted by molar-refractivity contribution is -0.104. The third kappa shape index (κ3) is 1.67. The highest BCUT2D eigenvalue weighted by Crippen LogP contribution is 2.57. The molecule has 2 bridgehead atoms. The van der Waals surface area contributed by atoms with Gasteiger partial charge in [-0.2, -0.15) is 0 Å². The van der Waals surface area contributed by atoms with E-state index in [1.807, 2.05) is 6.07 Å². The predicted octanol–water partition coefficient (Wildman–Crippen LogP) is 4.62. The van der Waals surface area contributed by atoms with Gasteiger partial charge in [0.2, 0.25) is 0 Å². The molecule has 1 nitrogen and oxygen atoms in total. The molecular formula is C19H15ClO. The van der Waals surface area contributed by atoms with E-state index in [4.69, 9.17) is 11.6 Å². The lowest BCUT2D eigenvalue weighted by Gasteiger charge is -2.48. The van der Waals surface area contributed by atoms with Crippen LogP contribution in [0, 0.1) is 0 Å². The maximum absolute atomic E-state index is 10.9. The van der Waals surface area contributed by atoms with E-state index in [2.05, 4.69) is 42.5 Å². The molecule has 0 radical (unpaired) electrons. The van der Waals surface area contributed by atoms with Gasteiger partial charge in [0, 0.05) is 16.4 Å². The van der Waals surface area contributed by atoms with E-state index in [9.17, 15) is 4.79 Å². The van der Waals surface area contributed by atoms with Crippen LogP contribution >= 0.6 is 11.6 Å². The molecule has 3 aliphatic carbocycles. The molecule has 0 aliphatic heterocycles. The maximum Gasteiger partial charge on any atom is 0.142 e. The van der Waals surface area contributed by atoms with E-state index in [1.165, 1.54) is 22.3 Å². The van der Waals surface area contributed by atoms with Crippen LogP contribution in [-0.2, 0) is 10.2 Å². The number of rotatable bonds is 2. The van der Waals surface area contributed by atoms with Crippen molar-refractivity contribution in [1.82, 2.24) is 0 Å². The fraction of sp³-hybridized carbons (Fsp3) is 0.211. The molecular weight excluding hydrogens is 280 g/mol. The Kier molecular flexibility index (Phi) is 2.80. The average molecular weight is 295 g/mol. The first kappa shape index (κ1) is 12.8. The standard InChI is InChI=1S/C19H15ClO/c20-13-6-7-16-14-8-10-19(9-3-11-21,18(16)12-13)17-5-2-1-4-15(14)17/h1-7,9,11-12,14H,8,10H2. The van der Waals surface area contributed by atoms with Crippen molar-refractivity contribution in [1.29, 1.82) is 0 Å². The number of hydrogen-bond donors (Lipinski definition) is 0. The smallest absolute Gasteiger partial charge is 0.142 e. The highest BCUT2D eigenvalue weighted by molar-refractivity contribution is 6.30. The first-order valence-electron chi connectivity index (χ1n) is 7.28. The minimum atomic E-state index is -0.202. The summed E-state index contributed by atoms with van der Waals surface area (Å²) >= 11 is 6.24. The normalized spacial score (nSPS) is 25.7. The summed E-state index contributed by atoms with van der Waals surface area (Å²) in [6.45, 7) is 0. The Balaban J connectivity index is 2.07. The second-order valence-electron chi connectivity index (χ2n) is 5.88. The quantitative estimate of drug-likeness (QED) is 0.583. The van der Waals surface area contributed by atoms with Gasteiger partial charge < -0.3 is 0 Å². The van der Waals surface area contributed by atoms with Crippen LogP contribution in [-0.4, -0.2) is 6.29 Å². The van der Waals surface area contributed by atoms with Gasteiger partial charge in [-0.25, -0.2) is 0 Å². The summed E-state index contributed by atoms with van der Waals surface area (Å²) in [5.74, 6) is 0.458. The van der Waals surface area contributed by atoms with Crippen LogP contribution in [0.2, 0.25) is 5.02 Å². The Morgan fingerprint density at radius 3 is 2.76 bits per heavy atom. The molecule has 0 saturated heterocycles. The number of carbonyl (C=O) groups is 1. The van der Waals surface area contributed by atoms with E-state index >= 15 is 0 Å². The molecule has 0 saturated carbocycles. The molecule has 2 heteroatoms. The van der Waals surface area contributed by atoms with Crippen LogP contribution < -0.4 is 0 Å². The molecule has 0 spiro atoms. The second-order valence-corrected chi connectivity index (χ2v) is 6.31. The lowest BCUT2D eigenvalue weighted by atomic mass is 9.55. The fourth-order valence-corrected chi connectivity index (χ4v) is 4.33. The van der Waals surface area contributed by atoms with E-state index in [1.54, 1.807) is 6.08 Å². The summed E-state index contributed by atoms with van der Waals surface area (Å²) in [6, 6.07) is 14.8.